The summed E-state index contributed by atoms with van der Waals surface area (Å²) in [5, 5.41) is -0.419. The van der Waals surface area contributed by atoms with Gasteiger partial charge in [-0.15, -0.1) is 13.2 Å². The second-order valence-corrected chi connectivity index (χ2v) is 2.55. The molecule has 0 bridgehead atoms. The van der Waals surface area contributed by atoms with Crippen molar-refractivity contribution >= 4 is 17.3 Å². The highest BCUT2D eigenvalue weighted by atomic mass is 35.5. The Balaban J connectivity index is 3.06. The number of aromatic nitrogens is 1. The molecule has 0 aliphatic carbocycles. The van der Waals surface area contributed by atoms with Gasteiger partial charge in [0.2, 0.25) is 0 Å². The first-order valence-electron chi connectivity index (χ1n) is 3.16. The maximum absolute atomic E-state index is 12.9. The minimum Gasteiger partial charge on any atom is -0.401 e. The van der Waals surface area contributed by atoms with Crippen LogP contribution in [0.1, 0.15) is 0 Å². The number of ether oxygens (including phenoxy) is 1. The van der Waals surface area contributed by atoms with Gasteiger partial charge < -0.3 is 10.5 Å². The van der Waals surface area contributed by atoms with Crippen molar-refractivity contribution in [2.75, 3.05) is 5.73 Å². The Morgan fingerprint density at radius 1 is 1.43 bits per heavy atom. The Morgan fingerprint density at radius 3 is 2.50 bits per heavy atom. The summed E-state index contributed by atoms with van der Waals surface area (Å²) in [6.45, 7) is 0. The lowest BCUT2D eigenvalue weighted by Crippen LogP contribution is -2.18. The quantitative estimate of drug-likeness (QED) is 0.595. The van der Waals surface area contributed by atoms with E-state index in [0.29, 0.717) is 6.20 Å². The fourth-order valence-electron chi connectivity index (χ4n) is 0.661. The lowest BCUT2D eigenvalue weighted by atomic mass is 10.4. The molecule has 0 saturated heterocycles. The molecule has 3 nitrogen and oxygen atoms in total. The van der Waals surface area contributed by atoms with Crippen LogP contribution in [0.4, 0.5) is 23.2 Å². The fourth-order valence-corrected chi connectivity index (χ4v) is 0.792. The van der Waals surface area contributed by atoms with Gasteiger partial charge in [0.1, 0.15) is 5.69 Å². The summed E-state index contributed by atoms with van der Waals surface area (Å²) in [4.78, 5) is 3.20. The van der Waals surface area contributed by atoms with Crippen LogP contribution in [0.3, 0.4) is 0 Å². The number of nitrogen functional groups attached to an aromatic ring is 1. The highest BCUT2D eigenvalue weighted by Crippen LogP contribution is 2.30. The summed E-state index contributed by atoms with van der Waals surface area (Å²) in [5.74, 6) is -2.50. The molecule has 0 saturated carbocycles. The van der Waals surface area contributed by atoms with Gasteiger partial charge in [-0.25, -0.2) is 9.37 Å². The number of alkyl halides is 3. The summed E-state index contributed by atoms with van der Waals surface area (Å²) < 4.78 is 51.2. The van der Waals surface area contributed by atoms with Gasteiger partial charge in [-0.05, 0) is 0 Å². The van der Waals surface area contributed by atoms with E-state index in [1.54, 1.807) is 0 Å². The summed E-state index contributed by atoms with van der Waals surface area (Å²) in [6, 6.07) is 0. The number of nitrogens with two attached hydrogens (primary N) is 1. The van der Waals surface area contributed by atoms with Gasteiger partial charge in [0, 0.05) is 0 Å². The number of halogens is 5. The molecule has 0 unspecified atom stereocenters. The molecule has 1 rings (SSSR count). The predicted molar refractivity (Wildman–Crippen MR) is 40.3 cm³/mol. The zero-order chi connectivity index (χ0) is 10.9. The Labute approximate surface area is 80.4 Å². The van der Waals surface area contributed by atoms with Gasteiger partial charge in [0.05, 0.1) is 6.20 Å². The molecule has 0 fully saturated rings. The molecule has 1 aromatic heterocycles. The topological polar surface area (TPSA) is 48.1 Å². The monoisotopic (exact) mass is 230 g/mol. The van der Waals surface area contributed by atoms with E-state index in [-0.39, 0.29) is 0 Å². The van der Waals surface area contributed by atoms with Crippen molar-refractivity contribution in [1.29, 1.82) is 0 Å². The highest BCUT2D eigenvalue weighted by molar-refractivity contribution is 6.31. The molecular weight excluding hydrogens is 228 g/mol. The van der Waals surface area contributed by atoms with E-state index in [0.717, 1.165) is 0 Å². The van der Waals surface area contributed by atoms with E-state index in [2.05, 4.69) is 9.72 Å². The van der Waals surface area contributed by atoms with E-state index >= 15 is 0 Å². The van der Waals surface area contributed by atoms with Crippen LogP contribution in [0.25, 0.3) is 0 Å². The molecule has 0 radical (unpaired) electrons. The number of rotatable bonds is 1. The first-order chi connectivity index (χ1) is 6.31. The van der Waals surface area contributed by atoms with Crippen LogP contribution in [-0.4, -0.2) is 11.3 Å². The lowest BCUT2D eigenvalue weighted by Gasteiger charge is -2.10. The number of hydrogen-bond acceptors (Lipinski definition) is 3. The third-order valence-corrected chi connectivity index (χ3v) is 1.50. The van der Waals surface area contributed by atoms with Gasteiger partial charge in [-0.3, -0.25) is 0 Å². The SMILES string of the molecule is Nc1c(Cl)ncc(OC(F)(F)F)c1F. The molecule has 0 aliphatic heterocycles. The summed E-state index contributed by atoms with van der Waals surface area (Å²) >= 11 is 5.24. The summed E-state index contributed by atoms with van der Waals surface area (Å²) in [5.41, 5.74) is 4.30. The lowest BCUT2D eigenvalue weighted by molar-refractivity contribution is -0.275. The van der Waals surface area contributed by atoms with Gasteiger partial charge in [-0.1, -0.05) is 11.6 Å². The maximum atomic E-state index is 12.9. The molecule has 78 valence electrons. The van der Waals surface area contributed by atoms with E-state index < -0.39 is 28.8 Å². The number of hydrogen-bond donors (Lipinski definition) is 1. The average Bonchev–Trinajstić information content (AvgIpc) is 2.04. The normalized spacial score (nSPS) is 11.5. The molecule has 1 heterocycles. The zero-order valence-corrected chi connectivity index (χ0v) is 7.16. The van der Waals surface area contributed by atoms with Crippen LogP contribution in [-0.2, 0) is 0 Å². The first-order valence-corrected chi connectivity index (χ1v) is 3.54. The number of pyridine rings is 1. The second-order valence-electron chi connectivity index (χ2n) is 2.19. The summed E-state index contributed by atoms with van der Waals surface area (Å²) in [6.07, 6.45) is -4.50. The molecule has 14 heavy (non-hydrogen) atoms. The standard InChI is InChI=1S/C6H3ClF4N2O/c7-5-4(12)3(8)2(1-13-5)14-6(9,10)11/h1H,12H2. The van der Waals surface area contributed by atoms with Crippen molar-refractivity contribution in [1.82, 2.24) is 4.98 Å². The molecule has 8 heteroatoms. The van der Waals surface area contributed by atoms with E-state index in [4.69, 9.17) is 17.3 Å². The van der Waals surface area contributed by atoms with Crippen LogP contribution >= 0.6 is 11.6 Å². The fraction of sp³-hybridized carbons (Fsp3) is 0.167. The van der Waals surface area contributed by atoms with Crippen molar-refractivity contribution in [3.05, 3.63) is 17.2 Å². The van der Waals surface area contributed by atoms with E-state index in [1.165, 1.54) is 0 Å². The molecule has 2 N–H and O–H groups in total. The van der Waals surface area contributed by atoms with Crippen molar-refractivity contribution in [2.45, 2.75) is 6.36 Å². The molecular formula is C6H3ClF4N2O. The van der Waals surface area contributed by atoms with Gasteiger partial charge >= 0.3 is 6.36 Å². The third-order valence-electron chi connectivity index (χ3n) is 1.20. The average molecular weight is 231 g/mol. The third kappa shape index (κ3) is 2.38. The number of nitrogens with zero attached hydrogens (tertiary/aromatic N) is 1. The van der Waals surface area contributed by atoms with E-state index in [1.807, 2.05) is 0 Å². The van der Waals surface area contributed by atoms with E-state index in [9.17, 15) is 17.6 Å². The highest BCUT2D eigenvalue weighted by Gasteiger charge is 2.33. The molecule has 0 atom stereocenters. The van der Waals surface area contributed by atoms with Crippen molar-refractivity contribution in [3.63, 3.8) is 0 Å². The predicted octanol–water partition coefficient (Wildman–Crippen LogP) is 2.35. The maximum Gasteiger partial charge on any atom is 0.573 e. The molecule has 0 aliphatic rings. The minimum absolute atomic E-state index is 0.419. The van der Waals surface area contributed by atoms with Crippen LogP contribution in [0.15, 0.2) is 6.20 Å². The molecule has 0 aromatic carbocycles. The summed E-state index contributed by atoms with van der Waals surface area (Å²) in [7, 11) is 0. The minimum atomic E-state index is -5.00. The van der Waals surface area contributed by atoms with Crippen LogP contribution < -0.4 is 10.5 Å². The Kier molecular flexibility index (Phi) is 2.70. The van der Waals surface area contributed by atoms with Gasteiger partial charge in [-0.2, -0.15) is 0 Å². The van der Waals surface area contributed by atoms with Crippen LogP contribution in [0.5, 0.6) is 5.75 Å². The second kappa shape index (κ2) is 3.49. The van der Waals surface area contributed by atoms with Crippen LogP contribution in [0, 0.1) is 5.82 Å². The van der Waals surface area contributed by atoms with Crippen LogP contribution in [0.2, 0.25) is 5.15 Å². The smallest absolute Gasteiger partial charge is 0.401 e. The van der Waals surface area contributed by atoms with Crippen molar-refractivity contribution in [2.24, 2.45) is 0 Å². The number of anilines is 1. The molecule has 0 spiro atoms. The Morgan fingerprint density at radius 2 is 2.00 bits per heavy atom. The van der Waals surface area contributed by atoms with Gasteiger partial charge in [0.15, 0.2) is 16.7 Å². The Bertz CT molecular complexity index is 354. The molecule has 1 aromatic rings. The van der Waals surface area contributed by atoms with Crippen molar-refractivity contribution < 1.29 is 22.3 Å². The van der Waals surface area contributed by atoms with Crippen molar-refractivity contribution in [3.8, 4) is 5.75 Å². The Hall–Kier alpha value is -1.24. The van der Waals surface area contributed by atoms with Gasteiger partial charge in [0.25, 0.3) is 0 Å². The zero-order valence-electron chi connectivity index (χ0n) is 6.40. The first kappa shape index (κ1) is 10.8. The largest absolute Gasteiger partial charge is 0.573 e. The molecule has 0 amide bonds.